The lowest BCUT2D eigenvalue weighted by Crippen LogP contribution is -2.30. The first-order valence-corrected chi connectivity index (χ1v) is 10.9. The molecule has 0 saturated carbocycles. The van der Waals surface area contributed by atoms with Gasteiger partial charge in [0.25, 0.3) is 0 Å². The minimum atomic E-state index is 0. The van der Waals surface area contributed by atoms with Crippen LogP contribution in [0.4, 0.5) is 0 Å². The Hall–Kier alpha value is -0.410. The number of carbonyl (C=O) groups is 1. The van der Waals surface area contributed by atoms with Crippen molar-refractivity contribution >= 4 is 5.78 Å². The van der Waals surface area contributed by atoms with E-state index < -0.39 is 0 Å². The van der Waals surface area contributed by atoms with E-state index in [0.717, 1.165) is 25.4 Å². The highest BCUT2D eigenvalue weighted by atomic mass is 16.1. The van der Waals surface area contributed by atoms with E-state index in [2.05, 4.69) is 37.6 Å². The molecule has 0 spiro atoms. The Morgan fingerprint density at radius 1 is 1.00 bits per heavy atom. The summed E-state index contributed by atoms with van der Waals surface area (Å²) < 4.78 is 0. The molecule has 1 aliphatic rings. The van der Waals surface area contributed by atoms with Crippen molar-refractivity contribution < 1.29 is 6.22 Å². The predicted octanol–water partition coefficient (Wildman–Crippen LogP) is 5.88. The van der Waals surface area contributed by atoms with Crippen LogP contribution in [0.5, 0.6) is 0 Å². The van der Waals surface area contributed by atoms with Crippen LogP contribution >= 0.6 is 0 Å². The molecule has 0 unspecified atom stereocenters. The van der Waals surface area contributed by atoms with Gasteiger partial charge < -0.3 is 4.90 Å². The molecule has 1 fully saturated rings. The molecule has 1 aliphatic heterocycles. The van der Waals surface area contributed by atoms with E-state index in [0.29, 0.717) is 6.54 Å². The number of hydrogen-bond donors (Lipinski definition) is 0. The van der Waals surface area contributed by atoms with Gasteiger partial charge in [-0.3, -0.25) is 9.69 Å². The van der Waals surface area contributed by atoms with E-state index in [1.165, 1.54) is 58.0 Å². The number of Topliss-reactive ketones (excluding diaryl/α,β-unsaturated/α-hetero) is 1. The number of ketones is 1. The molecule has 1 saturated heterocycles. The van der Waals surface area contributed by atoms with Crippen molar-refractivity contribution in [3.05, 3.63) is 0 Å². The molecule has 1 rings (SSSR count). The van der Waals surface area contributed by atoms with E-state index in [4.69, 9.17) is 0 Å². The van der Waals surface area contributed by atoms with Crippen LogP contribution in [0, 0.1) is 5.92 Å². The standard InChI is InChI=1S/C12H25NO.C8H17N.C2H6.H2/c1-4-6-7-8-10-13(9-5-2)11-12(3)14;1-3-8-4-6-9(2)7-5-8;1-2;/h4-11H2,1-3H3;8H,3-7H2,1-2H3;1-2H3;1H. The second-order valence-electron chi connectivity index (χ2n) is 7.19. The number of likely N-dealkylation sites (tertiary alicyclic amines) is 1. The van der Waals surface area contributed by atoms with Crippen LogP contribution < -0.4 is 0 Å². The van der Waals surface area contributed by atoms with Crippen molar-refractivity contribution in [2.75, 3.05) is 39.8 Å². The molecule has 0 N–H and O–H groups in total. The van der Waals surface area contributed by atoms with Gasteiger partial charge in [-0.25, -0.2) is 0 Å². The first kappa shape index (κ1) is 26.8. The third-order valence-corrected chi connectivity index (χ3v) is 4.73. The summed E-state index contributed by atoms with van der Waals surface area (Å²) in [5.41, 5.74) is 0. The number of unbranched alkanes of at least 4 members (excludes halogenated alkanes) is 3. The summed E-state index contributed by atoms with van der Waals surface area (Å²) in [6, 6.07) is 0. The third-order valence-electron chi connectivity index (χ3n) is 4.73. The molecule has 3 nitrogen and oxygen atoms in total. The largest absolute Gasteiger partial charge is 0.306 e. The van der Waals surface area contributed by atoms with Gasteiger partial charge in [-0.2, -0.15) is 0 Å². The van der Waals surface area contributed by atoms with Crippen molar-refractivity contribution in [3.63, 3.8) is 0 Å². The van der Waals surface area contributed by atoms with Crippen LogP contribution in [0.1, 0.15) is 94.3 Å². The van der Waals surface area contributed by atoms with Gasteiger partial charge in [0.05, 0.1) is 6.54 Å². The van der Waals surface area contributed by atoms with E-state index >= 15 is 0 Å². The zero-order valence-electron chi connectivity index (χ0n) is 18.6. The second-order valence-corrected chi connectivity index (χ2v) is 7.19. The van der Waals surface area contributed by atoms with Crippen LogP contribution in [0.3, 0.4) is 0 Å². The van der Waals surface area contributed by atoms with Crippen molar-refractivity contribution in [2.45, 2.75) is 92.9 Å². The fraction of sp³-hybridized carbons (Fsp3) is 0.955. The quantitative estimate of drug-likeness (QED) is 0.456. The van der Waals surface area contributed by atoms with Crippen molar-refractivity contribution in [1.29, 1.82) is 0 Å². The average Bonchev–Trinajstić information content (AvgIpc) is 2.61. The lowest BCUT2D eigenvalue weighted by Gasteiger charge is -2.27. The predicted molar refractivity (Wildman–Crippen MR) is 116 cm³/mol. The first-order valence-electron chi connectivity index (χ1n) is 10.9. The van der Waals surface area contributed by atoms with Crippen LogP contribution in [0.2, 0.25) is 0 Å². The maximum atomic E-state index is 11.0. The maximum Gasteiger partial charge on any atom is 0.143 e. The summed E-state index contributed by atoms with van der Waals surface area (Å²) >= 11 is 0. The summed E-state index contributed by atoms with van der Waals surface area (Å²) in [5.74, 6) is 1.31. The maximum absolute atomic E-state index is 11.0. The topological polar surface area (TPSA) is 23.6 Å². The zero-order chi connectivity index (χ0) is 19.5. The lowest BCUT2D eigenvalue weighted by atomic mass is 9.95. The Balaban J connectivity index is -0.000000381. The van der Waals surface area contributed by atoms with Crippen molar-refractivity contribution in [1.82, 2.24) is 9.80 Å². The summed E-state index contributed by atoms with van der Waals surface area (Å²) in [7, 11) is 2.21. The summed E-state index contributed by atoms with van der Waals surface area (Å²) in [5, 5.41) is 0. The molecule has 0 aromatic heterocycles. The smallest absolute Gasteiger partial charge is 0.143 e. The van der Waals surface area contributed by atoms with Crippen molar-refractivity contribution in [2.24, 2.45) is 5.92 Å². The minimum absolute atomic E-state index is 0. The monoisotopic (exact) mass is 358 g/mol. The highest BCUT2D eigenvalue weighted by Gasteiger charge is 2.13. The molecular weight excluding hydrogens is 308 g/mol. The molecule has 0 radical (unpaired) electrons. The van der Waals surface area contributed by atoms with E-state index in [1.807, 2.05) is 13.8 Å². The van der Waals surface area contributed by atoms with Crippen LogP contribution in [0.15, 0.2) is 0 Å². The first-order chi connectivity index (χ1) is 12.0. The Kier molecular flexibility index (Phi) is 21.4. The van der Waals surface area contributed by atoms with Gasteiger partial charge in [0.2, 0.25) is 0 Å². The van der Waals surface area contributed by atoms with Gasteiger partial charge in [-0.1, -0.05) is 60.3 Å². The molecule has 25 heavy (non-hydrogen) atoms. The number of carbonyl (C=O) groups excluding carboxylic acids is 1. The second kappa shape index (κ2) is 19.9. The third kappa shape index (κ3) is 18.2. The summed E-state index contributed by atoms with van der Waals surface area (Å²) in [6.45, 7) is 17.8. The van der Waals surface area contributed by atoms with E-state index in [9.17, 15) is 4.79 Å². The normalized spacial score (nSPS) is 15.2. The molecule has 0 amide bonds. The lowest BCUT2D eigenvalue weighted by molar-refractivity contribution is -0.118. The van der Waals surface area contributed by atoms with E-state index in [1.54, 1.807) is 6.92 Å². The Morgan fingerprint density at radius 2 is 1.60 bits per heavy atom. The fourth-order valence-electron chi connectivity index (χ4n) is 3.13. The molecule has 0 bridgehead atoms. The Bertz CT molecular complexity index is 279. The number of hydrogen-bond acceptors (Lipinski definition) is 3. The van der Waals surface area contributed by atoms with Gasteiger partial charge in [0, 0.05) is 1.43 Å². The van der Waals surface area contributed by atoms with Gasteiger partial charge in [-0.15, -0.1) is 0 Å². The minimum Gasteiger partial charge on any atom is -0.306 e. The molecule has 0 aliphatic carbocycles. The molecule has 0 aromatic carbocycles. The molecule has 3 heteroatoms. The molecule has 0 aromatic rings. The van der Waals surface area contributed by atoms with Gasteiger partial charge in [0.1, 0.15) is 5.78 Å². The summed E-state index contributed by atoms with van der Waals surface area (Å²) in [6.07, 6.45) is 10.5. The highest BCUT2D eigenvalue weighted by Crippen LogP contribution is 2.18. The molecular formula is C22H50N2O. The van der Waals surface area contributed by atoms with Crippen LogP contribution in [-0.2, 0) is 4.79 Å². The zero-order valence-corrected chi connectivity index (χ0v) is 18.6. The Morgan fingerprint density at radius 3 is 2.04 bits per heavy atom. The number of piperidine rings is 1. The van der Waals surface area contributed by atoms with Crippen LogP contribution in [0.25, 0.3) is 0 Å². The van der Waals surface area contributed by atoms with Gasteiger partial charge >= 0.3 is 0 Å². The average molecular weight is 359 g/mol. The molecule has 154 valence electrons. The number of nitrogens with zero attached hydrogens (tertiary/aromatic N) is 2. The van der Waals surface area contributed by atoms with Gasteiger partial charge in [0.15, 0.2) is 0 Å². The van der Waals surface area contributed by atoms with E-state index in [-0.39, 0.29) is 7.21 Å². The number of rotatable bonds is 10. The fourth-order valence-corrected chi connectivity index (χ4v) is 3.13. The van der Waals surface area contributed by atoms with Crippen molar-refractivity contribution in [3.8, 4) is 0 Å². The van der Waals surface area contributed by atoms with Gasteiger partial charge in [-0.05, 0) is 71.8 Å². The summed E-state index contributed by atoms with van der Waals surface area (Å²) in [4.78, 5) is 15.7. The SMILES string of the molecule is CC.CCC1CCN(C)CC1.CCCCCCN(CCC)CC(C)=O.[HH]. The Labute approximate surface area is 161 Å². The molecule has 1 heterocycles. The molecule has 0 atom stereocenters. The van der Waals surface area contributed by atoms with Crippen LogP contribution in [-0.4, -0.2) is 55.4 Å². The highest BCUT2D eigenvalue weighted by molar-refractivity contribution is 5.77.